The van der Waals surface area contributed by atoms with Crippen LogP contribution in [0.1, 0.15) is 30.9 Å². The fourth-order valence-electron chi connectivity index (χ4n) is 3.51. The Labute approximate surface area is 197 Å². The molecule has 1 aromatic heterocycles. The Morgan fingerprint density at radius 1 is 1.12 bits per heavy atom. The Hall–Kier alpha value is -3.88. The normalized spacial score (nSPS) is 11.4. The van der Waals surface area contributed by atoms with Gasteiger partial charge < -0.3 is 9.84 Å². The van der Waals surface area contributed by atoms with E-state index in [0.29, 0.717) is 27.6 Å². The molecular weight excluding hydrogens is 434 g/mol. The predicted octanol–water partition coefficient (Wildman–Crippen LogP) is 7.04. The van der Waals surface area contributed by atoms with Gasteiger partial charge in [-0.2, -0.15) is 5.26 Å². The van der Waals surface area contributed by atoms with Crippen molar-refractivity contribution < 1.29 is 9.32 Å². The Morgan fingerprint density at radius 3 is 2.58 bits per heavy atom. The maximum atomic E-state index is 12.7. The van der Waals surface area contributed by atoms with Gasteiger partial charge in [0, 0.05) is 16.3 Å². The Balaban J connectivity index is 1.56. The van der Waals surface area contributed by atoms with Gasteiger partial charge in [-0.3, -0.25) is 4.79 Å². The third kappa shape index (κ3) is 5.31. The van der Waals surface area contributed by atoms with Gasteiger partial charge in [-0.15, -0.1) is 0 Å². The molecule has 1 N–H and O–H groups in total. The van der Waals surface area contributed by atoms with E-state index in [1.165, 1.54) is 5.56 Å². The van der Waals surface area contributed by atoms with E-state index in [-0.39, 0.29) is 5.57 Å². The number of nitrogens with one attached hydrogen (secondary N) is 1. The number of benzene rings is 3. The van der Waals surface area contributed by atoms with E-state index < -0.39 is 5.91 Å². The van der Waals surface area contributed by atoms with Crippen molar-refractivity contribution in [2.45, 2.75) is 26.2 Å². The van der Waals surface area contributed by atoms with Crippen LogP contribution in [0, 0.1) is 11.3 Å². The van der Waals surface area contributed by atoms with Crippen molar-refractivity contribution in [1.29, 1.82) is 5.26 Å². The minimum atomic E-state index is -0.456. The predicted molar refractivity (Wildman–Crippen MR) is 132 cm³/mol. The fraction of sp³-hybridized carbons (Fsp3) is 0.148. The lowest BCUT2D eigenvalue weighted by molar-refractivity contribution is -0.112. The van der Waals surface area contributed by atoms with Crippen LogP contribution in [0.25, 0.3) is 28.3 Å². The highest BCUT2D eigenvalue weighted by atomic mass is 35.5. The first-order valence-corrected chi connectivity index (χ1v) is 11.1. The largest absolute Gasteiger partial charge is 0.355 e. The minimum absolute atomic E-state index is 0.00825. The Bertz CT molecular complexity index is 1350. The first kappa shape index (κ1) is 22.3. The lowest BCUT2D eigenvalue weighted by atomic mass is 10.0. The number of anilines is 1. The van der Waals surface area contributed by atoms with Crippen LogP contribution in [-0.2, 0) is 11.2 Å². The molecule has 0 spiro atoms. The van der Waals surface area contributed by atoms with Gasteiger partial charge in [0.2, 0.25) is 0 Å². The number of carbonyl (C=O) groups excluding carboxylic acids is 1. The number of amides is 1. The van der Waals surface area contributed by atoms with Crippen molar-refractivity contribution >= 4 is 40.2 Å². The second kappa shape index (κ2) is 10.2. The molecule has 0 atom stereocenters. The summed E-state index contributed by atoms with van der Waals surface area (Å²) in [5.41, 5.74) is 4.11. The van der Waals surface area contributed by atoms with Crippen molar-refractivity contribution in [2.24, 2.45) is 0 Å². The van der Waals surface area contributed by atoms with E-state index in [1.54, 1.807) is 30.3 Å². The number of rotatable bonds is 7. The molecule has 1 amide bonds. The van der Waals surface area contributed by atoms with Crippen LogP contribution in [0.5, 0.6) is 0 Å². The molecule has 0 unspecified atom stereocenters. The highest BCUT2D eigenvalue weighted by molar-refractivity contribution is 6.30. The fourth-order valence-corrected chi connectivity index (χ4v) is 3.63. The van der Waals surface area contributed by atoms with Gasteiger partial charge in [-0.05, 0) is 78.6 Å². The zero-order chi connectivity index (χ0) is 23.2. The van der Waals surface area contributed by atoms with E-state index in [9.17, 15) is 10.1 Å². The number of halogens is 1. The van der Waals surface area contributed by atoms with E-state index in [2.05, 4.69) is 17.4 Å². The van der Waals surface area contributed by atoms with Gasteiger partial charge in [0.25, 0.3) is 5.91 Å². The summed E-state index contributed by atoms with van der Waals surface area (Å²) in [6.07, 6.45) is 4.83. The summed E-state index contributed by atoms with van der Waals surface area (Å²) in [6, 6.07) is 22.4. The lowest BCUT2D eigenvalue weighted by Gasteiger charge is -2.06. The molecule has 0 aliphatic carbocycles. The quantitative estimate of drug-likeness (QED) is 0.239. The van der Waals surface area contributed by atoms with Crippen molar-refractivity contribution in [3.8, 4) is 17.4 Å². The number of carbonyl (C=O) groups is 1. The minimum Gasteiger partial charge on any atom is -0.355 e. The molecule has 33 heavy (non-hydrogen) atoms. The van der Waals surface area contributed by atoms with Crippen LogP contribution in [-0.4, -0.2) is 11.1 Å². The number of nitrogens with zero attached hydrogens (tertiary/aromatic N) is 2. The maximum Gasteiger partial charge on any atom is 0.266 e. The summed E-state index contributed by atoms with van der Waals surface area (Å²) in [5, 5.41) is 17.9. The number of hydrogen-bond donors (Lipinski definition) is 1. The van der Waals surface area contributed by atoms with Gasteiger partial charge in [-0.1, -0.05) is 48.3 Å². The molecule has 0 radical (unpaired) electrons. The molecule has 1 heterocycles. The standard InChI is InChI=1S/C27H22ClN3O2/c1-2-3-4-18-5-12-23(13-6-18)30-27(32)21(17-29)15-19-7-14-25-24(16-19)26(33-31-25)20-8-10-22(28)11-9-20/h5-16H,2-4H2,1H3,(H,30,32)/b21-15+. The van der Waals surface area contributed by atoms with Crippen molar-refractivity contribution in [3.05, 3.63) is 88.5 Å². The number of aryl methyl sites for hydroxylation is 1. The molecule has 0 bridgehead atoms. The van der Waals surface area contributed by atoms with Gasteiger partial charge >= 0.3 is 0 Å². The monoisotopic (exact) mass is 455 g/mol. The van der Waals surface area contributed by atoms with Crippen LogP contribution in [0.15, 0.2) is 76.8 Å². The smallest absolute Gasteiger partial charge is 0.266 e. The molecule has 0 aliphatic rings. The Morgan fingerprint density at radius 2 is 1.88 bits per heavy atom. The number of hydrogen-bond acceptors (Lipinski definition) is 4. The first-order chi connectivity index (χ1) is 16.1. The zero-order valence-electron chi connectivity index (χ0n) is 18.1. The second-order valence-corrected chi connectivity index (χ2v) is 8.16. The molecule has 0 fully saturated rings. The first-order valence-electron chi connectivity index (χ1n) is 10.7. The topological polar surface area (TPSA) is 78.9 Å². The molecule has 4 aromatic rings. The average molecular weight is 456 g/mol. The van der Waals surface area contributed by atoms with Crippen LogP contribution in [0.2, 0.25) is 5.02 Å². The van der Waals surface area contributed by atoms with Crippen molar-refractivity contribution in [3.63, 3.8) is 0 Å². The van der Waals surface area contributed by atoms with Gasteiger partial charge in [0.1, 0.15) is 17.2 Å². The molecule has 6 heteroatoms. The van der Waals surface area contributed by atoms with Crippen LogP contribution in [0.4, 0.5) is 5.69 Å². The summed E-state index contributed by atoms with van der Waals surface area (Å²) in [4.78, 5) is 12.7. The van der Waals surface area contributed by atoms with E-state index in [0.717, 1.165) is 30.2 Å². The Kier molecular flexibility index (Phi) is 6.87. The highest BCUT2D eigenvalue weighted by Crippen LogP contribution is 2.30. The summed E-state index contributed by atoms with van der Waals surface area (Å²) >= 11 is 5.98. The van der Waals surface area contributed by atoms with Gasteiger partial charge in [0.05, 0.1) is 5.39 Å². The van der Waals surface area contributed by atoms with Crippen LogP contribution < -0.4 is 5.32 Å². The molecule has 164 valence electrons. The van der Waals surface area contributed by atoms with E-state index >= 15 is 0 Å². The third-order valence-corrected chi connectivity index (χ3v) is 5.57. The third-order valence-electron chi connectivity index (χ3n) is 5.31. The van der Waals surface area contributed by atoms with Crippen LogP contribution in [0.3, 0.4) is 0 Å². The number of aromatic nitrogens is 1. The van der Waals surface area contributed by atoms with Gasteiger partial charge in [0.15, 0.2) is 5.76 Å². The summed E-state index contributed by atoms with van der Waals surface area (Å²) in [6.45, 7) is 2.16. The van der Waals surface area contributed by atoms with Gasteiger partial charge in [-0.25, -0.2) is 0 Å². The van der Waals surface area contributed by atoms with Crippen LogP contribution >= 0.6 is 11.6 Å². The molecular formula is C27H22ClN3O2. The average Bonchev–Trinajstić information content (AvgIpc) is 3.25. The van der Waals surface area contributed by atoms with E-state index in [1.807, 2.05) is 48.5 Å². The molecule has 0 saturated heterocycles. The molecule has 4 rings (SSSR count). The SMILES string of the molecule is CCCCc1ccc(NC(=O)/C(C#N)=C/c2ccc3noc(-c4ccc(Cl)cc4)c3c2)cc1. The summed E-state index contributed by atoms with van der Waals surface area (Å²) < 4.78 is 5.53. The molecule has 0 saturated carbocycles. The number of nitriles is 1. The summed E-state index contributed by atoms with van der Waals surface area (Å²) in [7, 11) is 0. The number of fused-ring (bicyclic) bond motifs is 1. The lowest BCUT2D eigenvalue weighted by Crippen LogP contribution is -2.13. The summed E-state index contributed by atoms with van der Waals surface area (Å²) in [5.74, 6) is 0.144. The zero-order valence-corrected chi connectivity index (χ0v) is 18.9. The maximum absolute atomic E-state index is 12.7. The number of unbranched alkanes of at least 4 members (excludes halogenated alkanes) is 1. The highest BCUT2D eigenvalue weighted by Gasteiger charge is 2.13. The molecule has 0 aliphatic heterocycles. The molecule has 3 aromatic carbocycles. The van der Waals surface area contributed by atoms with Crippen molar-refractivity contribution in [2.75, 3.05) is 5.32 Å². The second-order valence-electron chi connectivity index (χ2n) is 7.72. The van der Waals surface area contributed by atoms with Crippen molar-refractivity contribution in [1.82, 2.24) is 5.16 Å². The molecule has 5 nitrogen and oxygen atoms in total. The van der Waals surface area contributed by atoms with E-state index in [4.69, 9.17) is 16.1 Å².